The fourth-order valence-corrected chi connectivity index (χ4v) is 10.5. The van der Waals surface area contributed by atoms with Gasteiger partial charge in [0.15, 0.2) is 0 Å². The summed E-state index contributed by atoms with van der Waals surface area (Å²) in [5.74, 6) is 0. The van der Waals surface area contributed by atoms with E-state index in [-0.39, 0.29) is 6.71 Å². The van der Waals surface area contributed by atoms with Crippen LogP contribution in [0, 0.1) is 20.8 Å². The van der Waals surface area contributed by atoms with Gasteiger partial charge in [0, 0.05) is 22.0 Å². The number of hydrogen-bond acceptors (Lipinski definition) is 0. The molecule has 308 valence electrons. The number of nitrogens with zero attached hydrogens (tertiary/aromatic N) is 1. The summed E-state index contributed by atoms with van der Waals surface area (Å²) in [4.78, 5) is 0. The summed E-state index contributed by atoms with van der Waals surface area (Å²) in [6.45, 7) is 14.8. The SMILES string of the molecule is C=C/C=C(\C=C)c1ccc(-c2cc3c4c(c2)c2cc(-c5ccc(-c6ccccc6)cc5)ccc2n4-c2ccc(-c4ccc(-c5ccccc5)cc4)cc2B3c2c(C)cc(C)cc2C)cc1. The van der Waals surface area contributed by atoms with E-state index >= 15 is 0 Å². The molecule has 2 heteroatoms. The topological polar surface area (TPSA) is 4.93 Å². The summed E-state index contributed by atoms with van der Waals surface area (Å²) in [5.41, 5.74) is 25.9. The van der Waals surface area contributed by atoms with Gasteiger partial charge in [0.2, 0.25) is 6.71 Å². The van der Waals surface area contributed by atoms with Crippen LogP contribution in [0.15, 0.2) is 226 Å². The van der Waals surface area contributed by atoms with Crippen LogP contribution in [0.4, 0.5) is 0 Å². The molecular weight excluding hydrogens is 782 g/mol. The van der Waals surface area contributed by atoms with E-state index in [2.05, 4.69) is 233 Å². The monoisotopic (exact) mass is 829 g/mol. The van der Waals surface area contributed by atoms with Gasteiger partial charge in [-0.25, -0.2) is 0 Å². The van der Waals surface area contributed by atoms with Crippen LogP contribution in [0.3, 0.4) is 0 Å². The third kappa shape index (κ3) is 6.99. The van der Waals surface area contributed by atoms with Crippen LogP contribution < -0.4 is 16.4 Å². The third-order valence-corrected chi connectivity index (χ3v) is 13.5. The lowest BCUT2D eigenvalue weighted by atomic mass is 9.34. The molecule has 0 saturated heterocycles. The second-order valence-corrected chi connectivity index (χ2v) is 17.6. The van der Waals surface area contributed by atoms with Crippen molar-refractivity contribution in [2.75, 3.05) is 0 Å². The molecule has 10 aromatic rings. The van der Waals surface area contributed by atoms with Crippen LogP contribution in [0.5, 0.6) is 0 Å². The molecule has 0 unspecified atom stereocenters. The molecule has 0 amide bonds. The van der Waals surface area contributed by atoms with Gasteiger partial charge in [0.1, 0.15) is 0 Å². The molecule has 2 heterocycles. The molecular formula is C63H48BN. The van der Waals surface area contributed by atoms with Gasteiger partial charge in [-0.1, -0.05) is 223 Å². The number of hydrogen-bond donors (Lipinski definition) is 0. The average Bonchev–Trinajstić information content (AvgIpc) is 3.68. The maximum atomic E-state index is 4.08. The van der Waals surface area contributed by atoms with Gasteiger partial charge in [-0.3, -0.25) is 0 Å². The van der Waals surface area contributed by atoms with E-state index in [9.17, 15) is 0 Å². The van der Waals surface area contributed by atoms with Gasteiger partial charge in [-0.2, -0.15) is 0 Å². The summed E-state index contributed by atoms with van der Waals surface area (Å²) >= 11 is 0. The molecule has 11 rings (SSSR count). The Morgan fingerprint density at radius 3 is 1.48 bits per heavy atom. The average molecular weight is 830 g/mol. The van der Waals surface area contributed by atoms with E-state index in [1.165, 1.54) is 116 Å². The van der Waals surface area contributed by atoms with Crippen LogP contribution in [0.1, 0.15) is 22.3 Å². The van der Waals surface area contributed by atoms with Gasteiger partial charge in [0.25, 0.3) is 0 Å². The first-order valence-electron chi connectivity index (χ1n) is 22.6. The maximum Gasteiger partial charge on any atom is 0.247 e. The molecule has 0 radical (unpaired) electrons. The third-order valence-electron chi connectivity index (χ3n) is 13.5. The van der Waals surface area contributed by atoms with Crippen molar-refractivity contribution in [3.8, 4) is 61.3 Å². The van der Waals surface area contributed by atoms with Crippen LogP contribution in [0.2, 0.25) is 0 Å². The van der Waals surface area contributed by atoms with Crippen molar-refractivity contribution in [3.05, 3.63) is 248 Å². The van der Waals surface area contributed by atoms with E-state index in [1.54, 1.807) is 0 Å². The zero-order valence-corrected chi connectivity index (χ0v) is 37.1. The normalized spacial score (nSPS) is 12.1. The largest absolute Gasteiger partial charge is 0.310 e. The highest BCUT2D eigenvalue weighted by atomic mass is 15.0. The molecule has 0 bridgehead atoms. The Morgan fingerprint density at radius 2 is 0.908 bits per heavy atom. The number of aromatic nitrogens is 1. The Morgan fingerprint density at radius 1 is 0.446 bits per heavy atom. The number of aryl methyl sites for hydroxylation is 3. The molecule has 0 aliphatic carbocycles. The van der Waals surface area contributed by atoms with Gasteiger partial charge in [-0.05, 0) is 123 Å². The molecule has 0 saturated carbocycles. The zero-order chi connectivity index (χ0) is 44.2. The molecule has 1 aromatic heterocycles. The molecule has 9 aromatic carbocycles. The van der Waals surface area contributed by atoms with Crippen molar-refractivity contribution < 1.29 is 0 Å². The predicted molar refractivity (Wildman–Crippen MR) is 282 cm³/mol. The predicted octanol–water partition coefficient (Wildman–Crippen LogP) is 14.6. The molecule has 1 aliphatic rings. The van der Waals surface area contributed by atoms with E-state index < -0.39 is 0 Å². The minimum atomic E-state index is 0.000530. The molecule has 1 aliphatic heterocycles. The number of fused-ring (bicyclic) bond motifs is 5. The van der Waals surface area contributed by atoms with Crippen molar-refractivity contribution in [1.82, 2.24) is 4.57 Å². The lowest BCUT2D eigenvalue weighted by Crippen LogP contribution is -2.57. The molecule has 1 nitrogen and oxygen atoms in total. The molecule has 0 N–H and O–H groups in total. The molecule has 0 spiro atoms. The Bertz CT molecular complexity index is 3470. The lowest BCUT2D eigenvalue weighted by Gasteiger charge is -2.30. The maximum absolute atomic E-state index is 4.08. The van der Waals surface area contributed by atoms with Crippen LogP contribution in [0.25, 0.3) is 88.7 Å². The Hall–Kier alpha value is -7.94. The highest BCUT2D eigenvalue weighted by Crippen LogP contribution is 2.39. The lowest BCUT2D eigenvalue weighted by molar-refractivity contribution is 1.19. The quantitative estimate of drug-likeness (QED) is 0.101. The smallest absolute Gasteiger partial charge is 0.247 e. The summed E-state index contributed by atoms with van der Waals surface area (Å²) in [6, 6.07) is 72.1. The van der Waals surface area contributed by atoms with Crippen molar-refractivity contribution in [2.24, 2.45) is 0 Å². The Kier molecular flexibility index (Phi) is 10.0. The fourth-order valence-electron chi connectivity index (χ4n) is 10.5. The minimum absolute atomic E-state index is 0.000530. The number of allylic oxidation sites excluding steroid dienone is 4. The molecule has 0 atom stereocenters. The van der Waals surface area contributed by atoms with Crippen LogP contribution >= 0.6 is 0 Å². The van der Waals surface area contributed by atoms with Crippen molar-refractivity contribution in [2.45, 2.75) is 20.8 Å². The Labute approximate surface area is 383 Å². The summed E-state index contributed by atoms with van der Waals surface area (Å²) in [6.07, 6.45) is 5.73. The number of rotatable bonds is 9. The minimum Gasteiger partial charge on any atom is -0.310 e. The summed E-state index contributed by atoms with van der Waals surface area (Å²) in [7, 11) is 0. The number of benzene rings is 9. The van der Waals surface area contributed by atoms with E-state index in [0.717, 1.165) is 11.1 Å². The highest BCUT2D eigenvalue weighted by molar-refractivity contribution is 6.98. The Balaban J connectivity index is 1.16. The van der Waals surface area contributed by atoms with Crippen LogP contribution in [-0.2, 0) is 0 Å². The second kappa shape index (κ2) is 16.3. The van der Waals surface area contributed by atoms with Crippen molar-refractivity contribution >= 4 is 50.5 Å². The fraction of sp³-hybridized carbons (Fsp3) is 0.0476. The summed E-state index contributed by atoms with van der Waals surface area (Å²) < 4.78 is 2.55. The van der Waals surface area contributed by atoms with Gasteiger partial charge in [0.05, 0.1) is 5.52 Å². The highest BCUT2D eigenvalue weighted by Gasteiger charge is 2.36. The van der Waals surface area contributed by atoms with Gasteiger partial charge >= 0.3 is 0 Å². The standard InChI is InChI=1S/C63H48BN/c1-6-14-44(7-2)47-19-29-52(30-20-47)55-38-57-56-37-53(50-25-21-48(22-26-50)45-15-10-8-11-16-45)31-33-60(56)65-61-34-32-54(51-27-23-49(24-28-51)46-17-12-9-13-18-46)39-58(61)64(59(40-55)63(57)65)62-42(4)35-41(3)36-43(62)5/h6-40H,1-2H2,3-5H3/b44-14+. The second-order valence-electron chi connectivity index (χ2n) is 17.6. The van der Waals surface area contributed by atoms with Crippen LogP contribution in [-0.4, -0.2) is 11.3 Å². The zero-order valence-electron chi connectivity index (χ0n) is 37.1. The van der Waals surface area contributed by atoms with Gasteiger partial charge in [-0.15, -0.1) is 0 Å². The summed E-state index contributed by atoms with van der Waals surface area (Å²) in [5, 5.41) is 2.51. The van der Waals surface area contributed by atoms with E-state index in [4.69, 9.17) is 0 Å². The van der Waals surface area contributed by atoms with Gasteiger partial charge < -0.3 is 4.57 Å². The first-order valence-corrected chi connectivity index (χ1v) is 22.6. The first kappa shape index (κ1) is 39.9. The van der Waals surface area contributed by atoms with E-state index in [1.807, 2.05) is 18.2 Å². The first-order chi connectivity index (χ1) is 31.9. The van der Waals surface area contributed by atoms with E-state index in [0.29, 0.717) is 0 Å². The van der Waals surface area contributed by atoms with Crippen molar-refractivity contribution in [1.29, 1.82) is 0 Å². The van der Waals surface area contributed by atoms with Crippen molar-refractivity contribution in [3.63, 3.8) is 0 Å². The molecule has 65 heavy (non-hydrogen) atoms. The molecule has 0 fully saturated rings.